The number of rotatable bonds is 0. The van der Waals surface area contributed by atoms with Crippen LogP contribution in [0.1, 0.15) is 13.8 Å². The zero-order valence-electron chi connectivity index (χ0n) is 6.04. The van der Waals surface area contributed by atoms with Crippen LogP contribution in [0.3, 0.4) is 0 Å². The second kappa shape index (κ2) is 22.8. The van der Waals surface area contributed by atoms with Gasteiger partial charge >= 0.3 is 17.4 Å². The first-order valence-electron chi connectivity index (χ1n) is 1.82. The maximum absolute atomic E-state index is 8.89. The smallest absolute Gasteiger partial charge is 0.550 e. The van der Waals surface area contributed by atoms with E-state index in [4.69, 9.17) is 19.8 Å². The van der Waals surface area contributed by atoms with Crippen molar-refractivity contribution in [3.05, 3.63) is 0 Å². The molecule has 0 aromatic carbocycles. The minimum absolute atomic E-state index is 0. The summed E-state index contributed by atoms with van der Waals surface area (Å²) in [6, 6.07) is 0. The zero-order chi connectivity index (χ0) is 7.15. The molecule has 6 nitrogen and oxygen atoms in total. The normalized spacial score (nSPS) is 4.55. The van der Waals surface area contributed by atoms with E-state index in [0.717, 1.165) is 13.8 Å². The van der Waals surface area contributed by atoms with E-state index in [1.54, 1.807) is 0 Å². The number of aliphatic carboxylic acids is 2. The SMILES string of the molecule is CC(=O)[O-].CC(=O)[O-].O.O.[Cr+2]. The minimum Gasteiger partial charge on any atom is -0.550 e. The van der Waals surface area contributed by atoms with Gasteiger partial charge in [0.2, 0.25) is 0 Å². The van der Waals surface area contributed by atoms with Crippen molar-refractivity contribution in [3.8, 4) is 0 Å². The van der Waals surface area contributed by atoms with Crippen molar-refractivity contribution in [1.29, 1.82) is 0 Å². The van der Waals surface area contributed by atoms with Gasteiger partial charge in [-0.05, 0) is 13.8 Å². The van der Waals surface area contributed by atoms with Gasteiger partial charge in [0.05, 0.1) is 0 Å². The van der Waals surface area contributed by atoms with Crippen molar-refractivity contribution >= 4 is 11.9 Å². The summed E-state index contributed by atoms with van der Waals surface area (Å²) in [6.07, 6.45) is 0. The Balaban J connectivity index is -0.0000000171. The molecule has 0 aliphatic rings. The summed E-state index contributed by atoms with van der Waals surface area (Å²) in [6.45, 7) is 1.94. The first-order valence-corrected chi connectivity index (χ1v) is 1.82. The summed E-state index contributed by atoms with van der Waals surface area (Å²) in [4.78, 5) is 17.8. The van der Waals surface area contributed by atoms with Crippen LogP contribution in [0.15, 0.2) is 0 Å². The number of carboxylic acids is 2. The second-order valence-electron chi connectivity index (χ2n) is 0.983. The van der Waals surface area contributed by atoms with E-state index >= 15 is 0 Å². The molecule has 4 N–H and O–H groups in total. The maximum Gasteiger partial charge on any atom is 2.00 e. The Kier molecular flexibility index (Phi) is 65.2. The predicted octanol–water partition coefficient (Wildman–Crippen LogP) is -4.14. The first kappa shape index (κ1) is 31.5. The summed E-state index contributed by atoms with van der Waals surface area (Å²) < 4.78 is 0. The van der Waals surface area contributed by atoms with E-state index in [2.05, 4.69) is 0 Å². The molecule has 0 aliphatic heterocycles. The Morgan fingerprint density at radius 1 is 0.909 bits per heavy atom. The van der Waals surface area contributed by atoms with E-state index in [-0.39, 0.29) is 28.3 Å². The summed E-state index contributed by atoms with van der Waals surface area (Å²) in [5, 5.41) is 17.8. The summed E-state index contributed by atoms with van der Waals surface area (Å²) in [7, 11) is 0. The van der Waals surface area contributed by atoms with Crippen LogP contribution >= 0.6 is 0 Å². The molecule has 0 aromatic rings. The van der Waals surface area contributed by atoms with E-state index in [9.17, 15) is 0 Å². The molecular weight excluding hydrogens is 196 g/mol. The van der Waals surface area contributed by atoms with Gasteiger partial charge in [-0.2, -0.15) is 0 Å². The Hall–Kier alpha value is -0.608. The Labute approximate surface area is 74.6 Å². The molecule has 0 unspecified atom stereocenters. The van der Waals surface area contributed by atoms with Gasteiger partial charge < -0.3 is 30.8 Å². The summed E-state index contributed by atoms with van der Waals surface area (Å²) in [5.41, 5.74) is 0. The maximum atomic E-state index is 8.89. The summed E-state index contributed by atoms with van der Waals surface area (Å²) in [5.74, 6) is -2.17. The molecule has 0 amide bonds. The number of hydrogen-bond acceptors (Lipinski definition) is 4. The van der Waals surface area contributed by atoms with Gasteiger partial charge in [0.25, 0.3) is 0 Å². The quantitative estimate of drug-likeness (QED) is 0.396. The Bertz CT molecular complexity index is 72.6. The van der Waals surface area contributed by atoms with Gasteiger partial charge in [-0.3, -0.25) is 0 Å². The molecule has 0 atom stereocenters. The van der Waals surface area contributed by atoms with Crippen molar-refractivity contribution in [2.75, 3.05) is 0 Å². The van der Waals surface area contributed by atoms with Crippen LogP contribution in [0.4, 0.5) is 0 Å². The van der Waals surface area contributed by atoms with Gasteiger partial charge in [0.15, 0.2) is 0 Å². The van der Waals surface area contributed by atoms with Gasteiger partial charge in [-0.15, -0.1) is 0 Å². The van der Waals surface area contributed by atoms with E-state index < -0.39 is 11.9 Å². The Morgan fingerprint density at radius 3 is 0.909 bits per heavy atom. The number of hydrogen-bond donors (Lipinski definition) is 0. The van der Waals surface area contributed by atoms with Crippen LogP contribution in [-0.4, -0.2) is 22.9 Å². The number of carboxylic acid groups (broad SMARTS) is 2. The minimum atomic E-state index is -1.08. The second-order valence-corrected chi connectivity index (χ2v) is 0.983. The molecule has 0 aliphatic carbocycles. The van der Waals surface area contributed by atoms with Gasteiger partial charge in [0, 0.05) is 11.9 Å². The average Bonchev–Trinajstić information content (AvgIpc) is 1.25. The fourth-order valence-corrected chi connectivity index (χ4v) is 0. The largest absolute Gasteiger partial charge is 2.00 e. The third-order valence-electron chi connectivity index (χ3n) is 0. The van der Waals surface area contributed by atoms with Crippen LogP contribution in [0, 0.1) is 0 Å². The van der Waals surface area contributed by atoms with Crippen molar-refractivity contribution in [2.45, 2.75) is 13.8 Å². The van der Waals surface area contributed by atoms with Crippen LogP contribution in [0.5, 0.6) is 0 Å². The fourth-order valence-electron chi connectivity index (χ4n) is 0. The van der Waals surface area contributed by atoms with Crippen LogP contribution < -0.4 is 10.2 Å². The number of carbonyl (C=O) groups excluding carboxylic acids is 2. The molecule has 0 saturated heterocycles. The molecule has 0 bridgehead atoms. The van der Waals surface area contributed by atoms with Crippen LogP contribution in [-0.2, 0) is 27.0 Å². The van der Waals surface area contributed by atoms with Crippen molar-refractivity contribution in [2.24, 2.45) is 0 Å². The van der Waals surface area contributed by atoms with Crippen LogP contribution in [0.25, 0.3) is 0 Å². The summed E-state index contributed by atoms with van der Waals surface area (Å²) >= 11 is 0. The van der Waals surface area contributed by atoms with Gasteiger partial charge in [-0.25, -0.2) is 0 Å². The van der Waals surface area contributed by atoms with Gasteiger partial charge in [0.1, 0.15) is 0 Å². The molecule has 0 aromatic heterocycles. The van der Waals surface area contributed by atoms with E-state index in [1.807, 2.05) is 0 Å². The standard InChI is InChI=1S/2C2H4O2.Cr.2H2O/c2*1-2(3)4;;;/h2*1H3,(H,3,4);;2*1H2/q;;+2;;/p-2. The topological polar surface area (TPSA) is 143 Å². The van der Waals surface area contributed by atoms with E-state index in [0.29, 0.717) is 0 Å². The third kappa shape index (κ3) is 1390. The van der Waals surface area contributed by atoms with Crippen molar-refractivity contribution in [3.63, 3.8) is 0 Å². The monoisotopic (exact) mass is 206 g/mol. The van der Waals surface area contributed by atoms with Gasteiger partial charge in [-0.1, -0.05) is 0 Å². The number of carbonyl (C=O) groups is 2. The molecule has 0 rings (SSSR count). The third-order valence-corrected chi connectivity index (χ3v) is 0. The predicted molar refractivity (Wildman–Crippen MR) is 28.6 cm³/mol. The van der Waals surface area contributed by atoms with Crippen LogP contribution in [0.2, 0.25) is 0 Å². The first-order chi connectivity index (χ1) is 3.46. The molecule has 11 heavy (non-hydrogen) atoms. The van der Waals surface area contributed by atoms with Crippen molar-refractivity contribution < 1.29 is 48.1 Å². The molecule has 68 valence electrons. The molecule has 0 saturated carbocycles. The fraction of sp³-hybridized carbons (Fsp3) is 0.500. The zero-order valence-corrected chi connectivity index (χ0v) is 7.32. The molecular formula is C4H10CrO6. The molecule has 0 heterocycles. The average molecular weight is 206 g/mol. The molecule has 0 radical (unpaired) electrons. The van der Waals surface area contributed by atoms with Crippen molar-refractivity contribution in [1.82, 2.24) is 0 Å². The molecule has 0 spiro atoms. The molecule has 0 fully saturated rings. The van der Waals surface area contributed by atoms with E-state index in [1.165, 1.54) is 0 Å². The Morgan fingerprint density at radius 2 is 0.909 bits per heavy atom. The molecule has 7 heteroatoms.